The van der Waals surface area contributed by atoms with Crippen molar-refractivity contribution < 1.29 is 0 Å². The van der Waals surface area contributed by atoms with Crippen molar-refractivity contribution >= 4 is 29.2 Å². The van der Waals surface area contributed by atoms with Gasteiger partial charge in [-0.1, -0.05) is 29.3 Å². The van der Waals surface area contributed by atoms with Gasteiger partial charge >= 0.3 is 0 Å². The fourth-order valence-corrected chi connectivity index (χ4v) is 1.23. The van der Waals surface area contributed by atoms with Crippen LogP contribution in [0.3, 0.4) is 0 Å². The van der Waals surface area contributed by atoms with Crippen molar-refractivity contribution in [2.45, 2.75) is 6.54 Å². The van der Waals surface area contributed by atoms with E-state index in [-0.39, 0.29) is 5.96 Å². The van der Waals surface area contributed by atoms with Gasteiger partial charge in [0.05, 0.1) is 16.6 Å². The number of rotatable bonds is 2. The first-order chi connectivity index (χ1) is 7.13. The van der Waals surface area contributed by atoms with Gasteiger partial charge in [0, 0.05) is 0 Å². The number of nitrogens with two attached hydrogens (primary N) is 1. The lowest BCUT2D eigenvalue weighted by molar-refractivity contribution is 1.03. The van der Waals surface area contributed by atoms with Gasteiger partial charge in [0.2, 0.25) is 5.96 Å². The molecule has 0 amide bonds. The van der Waals surface area contributed by atoms with Gasteiger partial charge in [0.25, 0.3) is 0 Å². The highest BCUT2D eigenvalue weighted by molar-refractivity contribution is 6.42. The molecule has 6 heteroatoms. The Bertz CT molecular complexity index is 423. The molecule has 0 unspecified atom stereocenters. The van der Waals surface area contributed by atoms with Crippen LogP contribution in [0.2, 0.25) is 10.0 Å². The molecule has 0 bridgehead atoms. The summed E-state index contributed by atoms with van der Waals surface area (Å²) in [6.07, 6.45) is 1.67. The Morgan fingerprint density at radius 3 is 2.80 bits per heavy atom. The van der Waals surface area contributed by atoms with Crippen LogP contribution >= 0.6 is 23.2 Å². The molecule has 4 nitrogen and oxygen atoms in total. The Labute approximate surface area is 97.3 Å². The average molecular weight is 243 g/mol. The van der Waals surface area contributed by atoms with E-state index in [9.17, 15) is 0 Å². The minimum Gasteiger partial charge on any atom is -0.369 e. The lowest BCUT2D eigenvalue weighted by Crippen LogP contribution is -2.27. The molecule has 0 aliphatic rings. The smallest absolute Gasteiger partial charge is 0.202 e. The summed E-state index contributed by atoms with van der Waals surface area (Å²) in [5.74, 6) is 0.0728. The summed E-state index contributed by atoms with van der Waals surface area (Å²) in [7, 11) is 0. The first kappa shape index (κ1) is 11.6. The molecule has 0 heterocycles. The molecule has 1 aromatic rings. The fraction of sp³-hybridized carbons (Fsp3) is 0.111. The van der Waals surface area contributed by atoms with Crippen molar-refractivity contribution in [3.05, 3.63) is 33.8 Å². The summed E-state index contributed by atoms with van der Waals surface area (Å²) >= 11 is 11.6. The van der Waals surface area contributed by atoms with Crippen molar-refractivity contribution in [3.63, 3.8) is 0 Å². The van der Waals surface area contributed by atoms with E-state index in [1.807, 2.05) is 0 Å². The number of benzene rings is 1. The molecule has 1 aromatic carbocycles. The van der Waals surface area contributed by atoms with E-state index in [2.05, 4.69) is 10.3 Å². The van der Waals surface area contributed by atoms with Crippen molar-refractivity contribution in [1.82, 2.24) is 5.32 Å². The molecule has 0 radical (unpaired) electrons. The van der Waals surface area contributed by atoms with Crippen LogP contribution in [-0.4, -0.2) is 5.96 Å². The van der Waals surface area contributed by atoms with Crippen LogP contribution < -0.4 is 11.1 Å². The molecule has 15 heavy (non-hydrogen) atoms. The Morgan fingerprint density at radius 1 is 1.47 bits per heavy atom. The normalized spacial score (nSPS) is 10.9. The predicted octanol–water partition coefficient (Wildman–Crippen LogP) is 1.88. The maximum Gasteiger partial charge on any atom is 0.202 e. The molecule has 78 valence electrons. The number of aliphatic imine (C=N–C) groups is 1. The van der Waals surface area contributed by atoms with Crippen molar-refractivity contribution in [2.24, 2.45) is 10.7 Å². The van der Waals surface area contributed by atoms with Crippen LogP contribution in [0.4, 0.5) is 0 Å². The van der Waals surface area contributed by atoms with Crippen LogP contribution in [0.5, 0.6) is 0 Å². The quantitative estimate of drug-likeness (QED) is 0.360. The van der Waals surface area contributed by atoms with E-state index in [4.69, 9.17) is 34.2 Å². The highest BCUT2D eigenvalue weighted by Crippen LogP contribution is 2.22. The first-order valence-corrected chi connectivity index (χ1v) is 4.78. The SMILES string of the molecule is N#CNC(N)=NCc1ccc(Cl)c(Cl)c1. The van der Waals surface area contributed by atoms with E-state index in [0.29, 0.717) is 16.6 Å². The van der Waals surface area contributed by atoms with Crippen LogP contribution in [0.25, 0.3) is 0 Å². The van der Waals surface area contributed by atoms with Crippen molar-refractivity contribution in [2.75, 3.05) is 0 Å². The van der Waals surface area contributed by atoms with Crippen LogP contribution in [0, 0.1) is 11.5 Å². The molecule has 0 fully saturated rings. The molecule has 3 N–H and O–H groups in total. The van der Waals surface area contributed by atoms with Crippen LogP contribution in [0.1, 0.15) is 5.56 Å². The number of nitrogens with zero attached hydrogens (tertiary/aromatic N) is 2. The van der Waals surface area contributed by atoms with E-state index >= 15 is 0 Å². The number of nitriles is 1. The number of nitrogens with one attached hydrogen (secondary N) is 1. The van der Waals surface area contributed by atoms with Crippen molar-refractivity contribution in [1.29, 1.82) is 5.26 Å². The number of guanidine groups is 1. The largest absolute Gasteiger partial charge is 0.369 e. The number of halogens is 2. The van der Waals surface area contributed by atoms with Gasteiger partial charge in [0.1, 0.15) is 0 Å². The van der Waals surface area contributed by atoms with Gasteiger partial charge in [-0.3, -0.25) is 5.32 Å². The van der Waals surface area contributed by atoms with E-state index < -0.39 is 0 Å². The van der Waals surface area contributed by atoms with E-state index in [1.165, 1.54) is 0 Å². The van der Waals surface area contributed by atoms with Gasteiger partial charge in [-0.2, -0.15) is 5.26 Å². The van der Waals surface area contributed by atoms with Gasteiger partial charge in [-0.05, 0) is 17.7 Å². The monoisotopic (exact) mass is 242 g/mol. The zero-order valence-corrected chi connectivity index (χ0v) is 9.18. The molecule has 0 aliphatic carbocycles. The number of hydrogen-bond donors (Lipinski definition) is 2. The molecule has 0 saturated heterocycles. The zero-order valence-electron chi connectivity index (χ0n) is 7.67. The second-order valence-corrected chi connectivity index (χ2v) is 3.50. The molecule has 0 atom stereocenters. The molecule has 0 aliphatic heterocycles. The summed E-state index contributed by atoms with van der Waals surface area (Å²) in [5, 5.41) is 11.4. The topological polar surface area (TPSA) is 74.2 Å². The standard InChI is InChI=1S/C9H8Cl2N4/c10-7-2-1-6(3-8(7)11)4-14-9(13)15-5-12/h1-3H,4H2,(H3,13,14,15). The Hall–Kier alpha value is -1.44. The predicted molar refractivity (Wildman–Crippen MR) is 60.5 cm³/mol. The maximum absolute atomic E-state index is 8.25. The summed E-state index contributed by atoms with van der Waals surface area (Å²) in [5.41, 5.74) is 6.23. The molecular weight excluding hydrogens is 235 g/mol. The van der Waals surface area contributed by atoms with Gasteiger partial charge < -0.3 is 5.73 Å². The van der Waals surface area contributed by atoms with Gasteiger partial charge in [-0.25, -0.2) is 4.99 Å². The van der Waals surface area contributed by atoms with Crippen molar-refractivity contribution in [3.8, 4) is 6.19 Å². The summed E-state index contributed by atoms with van der Waals surface area (Å²) < 4.78 is 0. The molecule has 1 rings (SSSR count). The summed E-state index contributed by atoms with van der Waals surface area (Å²) in [6, 6.07) is 5.17. The van der Waals surface area contributed by atoms with Crippen LogP contribution in [-0.2, 0) is 6.54 Å². The lowest BCUT2D eigenvalue weighted by atomic mass is 10.2. The maximum atomic E-state index is 8.25. The highest BCUT2D eigenvalue weighted by Gasteiger charge is 1.98. The number of hydrogen-bond acceptors (Lipinski definition) is 2. The summed E-state index contributed by atoms with van der Waals surface area (Å²) in [6.45, 7) is 0.345. The third-order valence-electron chi connectivity index (χ3n) is 1.60. The highest BCUT2D eigenvalue weighted by atomic mass is 35.5. The minimum absolute atomic E-state index is 0.0728. The lowest BCUT2D eigenvalue weighted by Gasteiger charge is -2.00. The second kappa shape index (κ2) is 5.44. The van der Waals surface area contributed by atoms with Gasteiger partial charge in [0.15, 0.2) is 6.19 Å². The molecular formula is C9H8Cl2N4. The Kier molecular flexibility index (Phi) is 4.22. The van der Waals surface area contributed by atoms with E-state index in [0.717, 1.165) is 5.56 Å². The molecule has 0 spiro atoms. The molecule has 0 saturated carbocycles. The third-order valence-corrected chi connectivity index (χ3v) is 2.34. The van der Waals surface area contributed by atoms with Gasteiger partial charge in [-0.15, -0.1) is 0 Å². The Morgan fingerprint density at radius 2 is 2.20 bits per heavy atom. The summed E-state index contributed by atoms with van der Waals surface area (Å²) in [4.78, 5) is 3.91. The zero-order chi connectivity index (χ0) is 11.3. The third kappa shape index (κ3) is 3.66. The average Bonchev–Trinajstić information content (AvgIpc) is 2.20. The van der Waals surface area contributed by atoms with E-state index in [1.54, 1.807) is 24.4 Å². The second-order valence-electron chi connectivity index (χ2n) is 2.69. The first-order valence-electron chi connectivity index (χ1n) is 4.02. The Balaban J connectivity index is 2.70. The fourth-order valence-electron chi connectivity index (χ4n) is 0.911. The minimum atomic E-state index is 0.0728. The molecule has 0 aromatic heterocycles. The van der Waals surface area contributed by atoms with Crippen LogP contribution in [0.15, 0.2) is 23.2 Å².